The summed E-state index contributed by atoms with van der Waals surface area (Å²) in [6.45, 7) is 4.54. The molecule has 11 rings (SSSR count). The van der Waals surface area contributed by atoms with Crippen LogP contribution in [0.3, 0.4) is 0 Å². The molecule has 0 spiro atoms. The lowest BCUT2D eigenvalue weighted by molar-refractivity contribution is -0.134. The van der Waals surface area contributed by atoms with Crippen LogP contribution in [0.4, 0.5) is 22.3 Å². The van der Waals surface area contributed by atoms with E-state index in [1.54, 1.807) is 25.2 Å². The van der Waals surface area contributed by atoms with Crippen molar-refractivity contribution in [1.29, 1.82) is 10.8 Å². The molecule has 17 heteroatoms. The SMILES string of the molecule is CNc1cc(NC(=O)CCCCCCCCCCCNC(=O)c2nc(N3CCc4cccc(C(=O)Nc5nc6ccccc6s5)c4C3)ccc2/C(C=N)=C(\C)NCC23CC4CC(CC(C4)C2)C3)ccc1C(=N)C1CCC(=O)NC1=O. The standard InChI is InChI=1S/C63H77N11O5S/c1-39(68-38-63-33-40-29-41(34-63)31-42(30-40)35-63)49(36-64)45-22-24-54(74-28-26-43-15-14-16-46(50(43)37-74)59(77)73-62-70-51-17-11-12-18-53(51)80-62)71-58(45)61(79)67-27-13-9-7-5-3-4-6-8-10-19-55(75)69-44-20-21-47(52(32-44)66-2)57(65)48-23-25-56(76)72-60(48)78/h11-12,14-18,20-22,24,32,36,40-42,48,64-66,68H,3-10,13,19,23,25-31,33-35,37-38H2,1-2H3,(H,67,79)(H,69,75)(H,70,73,77)(H,72,76,78)/b49-39+,64-36?,65-57?. The largest absolute Gasteiger partial charge is 0.388 e. The number of anilines is 4. The van der Waals surface area contributed by atoms with Gasteiger partial charge < -0.3 is 37.0 Å². The van der Waals surface area contributed by atoms with Crippen molar-refractivity contribution in [2.24, 2.45) is 29.1 Å². The highest BCUT2D eigenvalue weighted by atomic mass is 32.1. The number of allylic oxidation sites excluding steroid dienone is 2. The number of para-hydroxylation sites is 1. The van der Waals surface area contributed by atoms with Crippen LogP contribution >= 0.6 is 11.3 Å². The zero-order valence-corrected chi connectivity index (χ0v) is 47.2. The third-order valence-corrected chi connectivity index (χ3v) is 18.5. The Labute approximate surface area is 473 Å². The monoisotopic (exact) mass is 1100 g/mol. The summed E-state index contributed by atoms with van der Waals surface area (Å²) in [5.74, 6) is 1.16. The Morgan fingerprint density at radius 2 is 1.50 bits per heavy atom. The van der Waals surface area contributed by atoms with Crippen LogP contribution in [0.1, 0.15) is 166 Å². The predicted molar refractivity (Wildman–Crippen MR) is 319 cm³/mol. The van der Waals surface area contributed by atoms with Gasteiger partial charge in [0.05, 0.1) is 21.8 Å². The van der Waals surface area contributed by atoms with Crippen molar-refractivity contribution in [3.05, 3.63) is 112 Å². The number of nitrogens with zero attached hydrogens (tertiary/aromatic N) is 3. The van der Waals surface area contributed by atoms with Gasteiger partial charge in [0, 0.05) is 91.6 Å². The number of benzene rings is 3. The lowest BCUT2D eigenvalue weighted by Gasteiger charge is -2.57. The molecule has 420 valence electrons. The first-order valence-corrected chi connectivity index (χ1v) is 30.0. The van der Waals surface area contributed by atoms with Gasteiger partial charge in [-0.1, -0.05) is 80.5 Å². The third kappa shape index (κ3) is 13.1. The average molecular weight is 1100 g/mol. The van der Waals surface area contributed by atoms with E-state index in [-0.39, 0.29) is 35.8 Å². The van der Waals surface area contributed by atoms with E-state index in [4.69, 9.17) is 15.8 Å². The smallest absolute Gasteiger partial charge is 0.270 e. The number of unbranched alkanes of at least 4 members (excludes halogenated alkanes) is 8. The Morgan fingerprint density at radius 1 is 0.787 bits per heavy atom. The van der Waals surface area contributed by atoms with Crippen molar-refractivity contribution in [1.82, 2.24) is 25.9 Å². The fourth-order valence-electron chi connectivity index (χ4n) is 13.8. The molecule has 4 aliphatic carbocycles. The second-order valence-corrected chi connectivity index (χ2v) is 24.3. The average Bonchev–Trinajstić information content (AvgIpc) is 3.95. The zero-order chi connectivity index (χ0) is 55.8. The normalized spacial score (nSPS) is 21.3. The van der Waals surface area contributed by atoms with Crippen molar-refractivity contribution in [2.45, 2.75) is 135 Å². The second kappa shape index (κ2) is 25.5. The number of piperidine rings is 1. The fourth-order valence-corrected chi connectivity index (χ4v) is 14.6. The molecule has 4 bridgehead atoms. The highest BCUT2D eigenvalue weighted by molar-refractivity contribution is 7.22. The molecule has 16 nitrogen and oxygen atoms in total. The van der Waals surface area contributed by atoms with E-state index in [0.717, 1.165) is 109 Å². The maximum atomic E-state index is 14.4. The number of pyridine rings is 1. The van der Waals surface area contributed by atoms with Gasteiger partial charge in [-0.3, -0.25) is 34.6 Å². The molecule has 6 aliphatic rings. The number of rotatable bonds is 25. The number of hydrogen-bond acceptors (Lipinski definition) is 13. The van der Waals surface area contributed by atoms with Gasteiger partial charge in [0.15, 0.2) is 5.13 Å². The van der Waals surface area contributed by atoms with E-state index in [0.29, 0.717) is 94.6 Å². The number of carbonyl (C=O) groups excluding carboxylic acids is 5. The molecule has 1 atom stereocenters. The van der Waals surface area contributed by atoms with Crippen LogP contribution in [0, 0.1) is 39.9 Å². The number of carbonyl (C=O) groups is 5. The number of thiazole rings is 1. The van der Waals surface area contributed by atoms with E-state index >= 15 is 0 Å². The Bertz CT molecular complexity index is 3130. The van der Waals surface area contributed by atoms with E-state index in [2.05, 4.69) is 47.9 Å². The maximum Gasteiger partial charge on any atom is 0.270 e. The Kier molecular flexibility index (Phi) is 17.8. The number of amides is 5. The molecule has 4 saturated carbocycles. The molecule has 1 unspecified atom stereocenters. The molecule has 2 aromatic heterocycles. The predicted octanol–water partition coefficient (Wildman–Crippen LogP) is 11.4. The van der Waals surface area contributed by atoms with E-state index < -0.39 is 11.8 Å². The summed E-state index contributed by atoms with van der Waals surface area (Å²) < 4.78 is 1.01. The molecule has 1 saturated heterocycles. The van der Waals surface area contributed by atoms with Gasteiger partial charge in [-0.2, -0.15) is 0 Å². The molecule has 0 radical (unpaired) electrons. The van der Waals surface area contributed by atoms with Crippen molar-refractivity contribution in [3.63, 3.8) is 0 Å². The Balaban J connectivity index is 0.707. The summed E-state index contributed by atoms with van der Waals surface area (Å²) in [7, 11) is 1.73. The number of aromatic nitrogens is 2. The van der Waals surface area contributed by atoms with Gasteiger partial charge >= 0.3 is 0 Å². The molecule has 2 aliphatic heterocycles. The first-order chi connectivity index (χ1) is 38.8. The van der Waals surface area contributed by atoms with Crippen molar-refractivity contribution >= 4 is 90.9 Å². The van der Waals surface area contributed by atoms with Crippen LogP contribution in [-0.4, -0.2) is 78.1 Å². The zero-order valence-electron chi connectivity index (χ0n) is 46.4. The maximum absolute atomic E-state index is 14.4. The van der Waals surface area contributed by atoms with Gasteiger partial charge in [0.1, 0.15) is 11.5 Å². The summed E-state index contributed by atoms with van der Waals surface area (Å²) in [5.41, 5.74) is 8.20. The van der Waals surface area contributed by atoms with Crippen LogP contribution in [-0.2, 0) is 27.3 Å². The molecular formula is C63H77N11O5S. The van der Waals surface area contributed by atoms with Crippen LogP contribution in [0.15, 0.2) is 78.5 Å². The molecule has 5 aromatic rings. The molecular weight excluding hydrogens is 1020 g/mol. The van der Waals surface area contributed by atoms with Crippen molar-refractivity contribution in [3.8, 4) is 0 Å². The molecule has 5 amide bonds. The van der Waals surface area contributed by atoms with Crippen LogP contribution in [0.2, 0.25) is 0 Å². The summed E-state index contributed by atoms with van der Waals surface area (Å²) in [6.07, 6.45) is 20.0. The van der Waals surface area contributed by atoms with Gasteiger partial charge in [-0.15, -0.1) is 0 Å². The number of nitrogens with one attached hydrogen (secondary N) is 8. The van der Waals surface area contributed by atoms with Gasteiger partial charge in [-0.05, 0) is 154 Å². The lowest BCUT2D eigenvalue weighted by Crippen LogP contribution is -2.50. The first-order valence-electron chi connectivity index (χ1n) is 29.2. The van der Waals surface area contributed by atoms with E-state index in [1.165, 1.54) is 56.1 Å². The molecule has 80 heavy (non-hydrogen) atoms. The summed E-state index contributed by atoms with van der Waals surface area (Å²) in [6, 6.07) is 22.9. The number of imide groups is 1. The fraction of sp³-hybridized carbons (Fsp3) is 0.476. The molecule has 5 fully saturated rings. The van der Waals surface area contributed by atoms with Gasteiger partial charge in [0.2, 0.25) is 17.7 Å². The Hall–Kier alpha value is -7.27. The van der Waals surface area contributed by atoms with Crippen LogP contribution in [0.5, 0.6) is 0 Å². The van der Waals surface area contributed by atoms with Crippen molar-refractivity contribution in [2.75, 3.05) is 47.5 Å². The number of fused-ring (bicyclic) bond motifs is 2. The molecule has 3 aromatic carbocycles. The number of hydrogen-bond donors (Lipinski definition) is 8. The highest BCUT2D eigenvalue weighted by Gasteiger charge is 2.50. The van der Waals surface area contributed by atoms with Gasteiger partial charge in [-0.25, -0.2) is 9.97 Å². The first kappa shape index (κ1) is 56.0. The van der Waals surface area contributed by atoms with Crippen LogP contribution in [0.25, 0.3) is 15.8 Å². The summed E-state index contributed by atoms with van der Waals surface area (Å²) >= 11 is 1.45. The quantitative estimate of drug-likeness (QED) is 0.0156. The molecule has 4 heterocycles. The van der Waals surface area contributed by atoms with Gasteiger partial charge in [0.25, 0.3) is 11.8 Å². The minimum absolute atomic E-state index is 0.0695. The van der Waals surface area contributed by atoms with Crippen LogP contribution < -0.4 is 36.8 Å². The summed E-state index contributed by atoms with van der Waals surface area (Å²) in [4.78, 5) is 77.0. The highest BCUT2D eigenvalue weighted by Crippen LogP contribution is 2.59. The second-order valence-electron chi connectivity index (χ2n) is 23.2. The minimum Gasteiger partial charge on any atom is -0.388 e. The van der Waals surface area contributed by atoms with E-state index in [9.17, 15) is 24.0 Å². The minimum atomic E-state index is -0.698. The van der Waals surface area contributed by atoms with E-state index in [1.807, 2.05) is 55.5 Å². The summed E-state index contributed by atoms with van der Waals surface area (Å²) in [5, 5.41) is 36.3. The molecule has 8 N–H and O–H groups in total. The topological polar surface area (TPSA) is 234 Å². The lowest BCUT2D eigenvalue weighted by atomic mass is 9.49. The third-order valence-electron chi connectivity index (χ3n) is 17.5. The Morgan fingerprint density at radius 3 is 2.21 bits per heavy atom. The van der Waals surface area contributed by atoms with Crippen molar-refractivity contribution < 1.29 is 24.0 Å².